The molecule has 0 unspecified atom stereocenters. The van der Waals surface area contributed by atoms with Crippen LogP contribution >= 0.6 is 23.6 Å². The highest BCUT2D eigenvalue weighted by atomic mass is 32.1. The zero-order valence-electron chi connectivity index (χ0n) is 10.3. The van der Waals surface area contributed by atoms with Gasteiger partial charge in [-0.2, -0.15) is 0 Å². The Morgan fingerprint density at radius 2 is 2.50 bits per heavy atom. The molecule has 10 heteroatoms. The van der Waals surface area contributed by atoms with Crippen molar-refractivity contribution in [2.75, 3.05) is 18.1 Å². The van der Waals surface area contributed by atoms with Gasteiger partial charge in [0.25, 0.3) is 5.91 Å². The number of ether oxygens (including phenoxy) is 1. The molecule has 0 aliphatic carbocycles. The van der Waals surface area contributed by atoms with Crippen molar-refractivity contribution in [2.45, 2.75) is 6.92 Å². The Labute approximate surface area is 123 Å². The number of thiazole rings is 1. The summed E-state index contributed by atoms with van der Waals surface area (Å²) in [5.41, 5.74) is -0.201. The minimum Gasteiger partial charge on any atom is -0.461 e. The molecule has 0 bridgehead atoms. The summed E-state index contributed by atoms with van der Waals surface area (Å²) >= 11 is 6.09. The molecule has 1 saturated heterocycles. The number of nitrogens with zero attached hydrogens (tertiary/aromatic N) is 3. The summed E-state index contributed by atoms with van der Waals surface area (Å²) < 4.78 is 4.74. The van der Waals surface area contributed by atoms with E-state index in [0.29, 0.717) is 5.13 Å². The van der Waals surface area contributed by atoms with Crippen molar-refractivity contribution in [1.29, 1.82) is 0 Å². The zero-order chi connectivity index (χ0) is 14.7. The van der Waals surface area contributed by atoms with Crippen molar-refractivity contribution >= 4 is 51.4 Å². The first kappa shape index (κ1) is 14.3. The molecule has 1 aliphatic rings. The van der Waals surface area contributed by atoms with Crippen molar-refractivity contribution in [3.63, 3.8) is 0 Å². The quantitative estimate of drug-likeness (QED) is 0.267. The molecule has 8 nitrogen and oxygen atoms in total. The molecular weight excluding hydrogens is 304 g/mol. The lowest BCUT2D eigenvalue weighted by atomic mass is 10.3. The fraction of sp³-hybridized carbons (Fsp3) is 0.300. The third kappa shape index (κ3) is 2.60. The van der Waals surface area contributed by atoms with E-state index in [1.54, 1.807) is 6.92 Å². The Morgan fingerprint density at radius 3 is 3.05 bits per heavy atom. The Bertz CT molecular complexity index is 582. The maximum atomic E-state index is 11.6. The summed E-state index contributed by atoms with van der Waals surface area (Å²) in [7, 11) is 0. The van der Waals surface area contributed by atoms with Crippen LogP contribution in [0.15, 0.2) is 10.5 Å². The van der Waals surface area contributed by atoms with Crippen LogP contribution in [0, 0.1) is 0 Å². The Kier molecular flexibility index (Phi) is 4.25. The van der Waals surface area contributed by atoms with Gasteiger partial charge in [-0.1, -0.05) is 5.16 Å². The van der Waals surface area contributed by atoms with Gasteiger partial charge in [-0.25, -0.2) is 14.7 Å². The highest BCUT2D eigenvalue weighted by Crippen LogP contribution is 2.23. The van der Waals surface area contributed by atoms with E-state index in [2.05, 4.69) is 15.5 Å². The van der Waals surface area contributed by atoms with E-state index in [1.807, 2.05) is 0 Å². The van der Waals surface area contributed by atoms with E-state index in [-0.39, 0.29) is 35.6 Å². The van der Waals surface area contributed by atoms with Gasteiger partial charge in [0.15, 0.2) is 10.2 Å². The first-order chi connectivity index (χ1) is 9.58. The highest BCUT2D eigenvalue weighted by Gasteiger charge is 2.30. The molecule has 1 aromatic heterocycles. The number of carbonyl (C=O) groups excluding carboxylic acids is 2. The number of anilines is 1. The number of aromatic nitrogens is 1. The van der Waals surface area contributed by atoms with E-state index in [4.69, 9.17) is 22.2 Å². The molecule has 20 heavy (non-hydrogen) atoms. The molecule has 0 spiro atoms. The number of carbonyl (C=O) groups is 2. The predicted octanol–water partition coefficient (Wildman–Crippen LogP) is 0.106. The Morgan fingerprint density at radius 1 is 1.75 bits per heavy atom. The third-order valence-corrected chi connectivity index (χ3v) is 3.49. The number of thiocarbonyl (C=S) groups is 1. The average Bonchev–Trinajstić information content (AvgIpc) is 2.98. The Hall–Kier alpha value is -2.07. The normalized spacial score (nSPS) is 15.4. The van der Waals surface area contributed by atoms with E-state index in [1.165, 1.54) is 10.3 Å². The largest absolute Gasteiger partial charge is 0.461 e. The minimum atomic E-state index is -0.791. The van der Waals surface area contributed by atoms with Crippen molar-refractivity contribution in [1.82, 2.24) is 10.3 Å². The second-order valence-corrected chi connectivity index (χ2v) is 4.80. The van der Waals surface area contributed by atoms with Crippen molar-refractivity contribution < 1.29 is 19.5 Å². The number of rotatable bonds is 4. The molecule has 1 aliphatic heterocycles. The fourth-order valence-corrected chi connectivity index (χ4v) is 2.64. The number of hydrogen-bond donors (Lipinski definition) is 2. The zero-order valence-corrected chi connectivity index (χ0v) is 12.0. The molecule has 106 valence electrons. The van der Waals surface area contributed by atoms with Gasteiger partial charge in [-0.3, -0.25) is 4.79 Å². The van der Waals surface area contributed by atoms with Crippen LogP contribution in [-0.2, 0) is 14.3 Å². The summed E-state index contributed by atoms with van der Waals surface area (Å²) in [4.78, 5) is 28.5. The number of hydrogen-bond acceptors (Lipinski definition) is 8. The minimum absolute atomic E-state index is 0.104. The molecular formula is C10H10N4O4S2. The van der Waals surface area contributed by atoms with Gasteiger partial charge in [0, 0.05) is 5.38 Å². The number of amides is 1. The summed E-state index contributed by atoms with van der Waals surface area (Å²) in [6.45, 7) is 1.88. The van der Waals surface area contributed by atoms with Crippen LogP contribution < -0.4 is 10.2 Å². The molecule has 1 fully saturated rings. The van der Waals surface area contributed by atoms with E-state index in [9.17, 15) is 9.59 Å². The third-order valence-electron chi connectivity index (χ3n) is 2.34. The number of nitrogens with one attached hydrogen (secondary N) is 1. The van der Waals surface area contributed by atoms with Gasteiger partial charge >= 0.3 is 5.97 Å². The van der Waals surface area contributed by atoms with Crippen LogP contribution in [0.1, 0.15) is 12.6 Å². The molecule has 1 aromatic rings. The van der Waals surface area contributed by atoms with E-state index in [0.717, 1.165) is 11.3 Å². The van der Waals surface area contributed by atoms with Gasteiger partial charge in [-0.05, 0) is 19.1 Å². The summed E-state index contributed by atoms with van der Waals surface area (Å²) in [5.74, 6) is -1.03. The number of esters is 1. The van der Waals surface area contributed by atoms with Crippen molar-refractivity contribution in [3.05, 3.63) is 11.1 Å². The molecule has 1 amide bonds. The number of oxime groups is 1. The molecule has 2 heterocycles. The molecule has 0 radical (unpaired) electrons. The SMILES string of the molecule is CCOC(=O)/C(=N\O)c1csc(N2C(=O)CNC2=S)n1. The maximum absolute atomic E-state index is 11.6. The fourth-order valence-electron chi connectivity index (χ4n) is 1.49. The summed E-state index contributed by atoms with van der Waals surface area (Å²) in [6, 6.07) is 0. The molecule has 0 saturated carbocycles. The van der Waals surface area contributed by atoms with Crippen LogP contribution in [0.2, 0.25) is 0 Å². The monoisotopic (exact) mass is 314 g/mol. The van der Waals surface area contributed by atoms with Gasteiger partial charge in [0.1, 0.15) is 5.69 Å². The van der Waals surface area contributed by atoms with Gasteiger partial charge < -0.3 is 15.3 Å². The first-order valence-corrected chi connectivity index (χ1v) is 6.83. The molecule has 2 N–H and O–H groups in total. The van der Waals surface area contributed by atoms with Crippen LogP contribution in [0.4, 0.5) is 5.13 Å². The lowest BCUT2D eigenvalue weighted by Gasteiger charge is -2.09. The van der Waals surface area contributed by atoms with Crippen molar-refractivity contribution in [3.8, 4) is 0 Å². The predicted molar refractivity (Wildman–Crippen MR) is 75.2 cm³/mol. The topological polar surface area (TPSA) is 104 Å². The summed E-state index contributed by atoms with van der Waals surface area (Å²) in [5, 5.41) is 16.5. The van der Waals surface area contributed by atoms with E-state index < -0.39 is 5.97 Å². The maximum Gasteiger partial charge on any atom is 0.362 e. The second kappa shape index (κ2) is 5.92. The summed E-state index contributed by atoms with van der Waals surface area (Å²) in [6.07, 6.45) is 0. The smallest absolute Gasteiger partial charge is 0.362 e. The first-order valence-electron chi connectivity index (χ1n) is 5.54. The van der Waals surface area contributed by atoms with Gasteiger partial charge in [-0.15, -0.1) is 11.3 Å². The van der Waals surface area contributed by atoms with Gasteiger partial charge in [0.2, 0.25) is 5.71 Å². The Balaban J connectivity index is 2.26. The average molecular weight is 314 g/mol. The van der Waals surface area contributed by atoms with Crippen LogP contribution in [-0.4, -0.2) is 46.0 Å². The highest BCUT2D eigenvalue weighted by molar-refractivity contribution is 7.80. The van der Waals surface area contributed by atoms with Crippen molar-refractivity contribution in [2.24, 2.45) is 5.16 Å². The molecule has 2 rings (SSSR count). The van der Waals surface area contributed by atoms with E-state index >= 15 is 0 Å². The van der Waals surface area contributed by atoms with Crippen LogP contribution in [0.25, 0.3) is 0 Å². The second-order valence-electron chi connectivity index (χ2n) is 3.57. The molecule has 0 aromatic carbocycles. The van der Waals surface area contributed by atoms with Crippen LogP contribution in [0.5, 0.6) is 0 Å². The standard InChI is InChI=1S/C10H10N4O4S2/c1-2-18-8(16)7(13-17)5-4-20-10(12-5)14-6(15)3-11-9(14)19/h4,17H,2-3H2,1H3,(H,11,19)/b13-7-. The molecule has 0 atom stereocenters. The lowest BCUT2D eigenvalue weighted by Crippen LogP contribution is -2.30. The van der Waals surface area contributed by atoms with Crippen LogP contribution in [0.3, 0.4) is 0 Å². The lowest BCUT2D eigenvalue weighted by molar-refractivity contribution is -0.135. The van der Waals surface area contributed by atoms with Gasteiger partial charge in [0.05, 0.1) is 13.2 Å².